The molecule has 154 valence electrons. The van der Waals surface area contributed by atoms with Crippen molar-refractivity contribution in [1.82, 2.24) is 0 Å². The fourth-order valence-corrected chi connectivity index (χ4v) is 2.79. The minimum absolute atomic E-state index is 0.0455. The van der Waals surface area contributed by atoms with Crippen LogP contribution in [0.4, 0.5) is 11.4 Å². The molecule has 5 heteroatoms. The molecule has 0 aromatic heterocycles. The van der Waals surface area contributed by atoms with E-state index in [0.29, 0.717) is 29.3 Å². The van der Waals surface area contributed by atoms with Crippen molar-refractivity contribution in [2.45, 2.75) is 20.3 Å². The highest BCUT2D eigenvalue weighted by atomic mass is 16.5. The molecule has 0 fully saturated rings. The number of carbonyl (C=O) groups excluding carboxylic acids is 2. The molecule has 5 nitrogen and oxygen atoms in total. The van der Waals surface area contributed by atoms with Crippen molar-refractivity contribution in [1.29, 1.82) is 0 Å². The van der Waals surface area contributed by atoms with Crippen LogP contribution in [0.25, 0.3) is 0 Å². The standard InChI is InChI=1S/C25H26N2O3/c1-18(2)24(28)26-21-11-13-22(14-12-21)27-25(29)20-9-6-10-23(17-20)30-16-15-19-7-4-3-5-8-19/h3-14,17-18H,15-16H2,1-2H3,(H,26,28)(H,27,29). The molecule has 0 aliphatic heterocycles. The van der Waals surface area contributed by atoms with Gasteiger partial charge in [0.1, 0.15) is 5.75 Å². The summed E-state index contributed by atoms with van der Waals surface area (Å²) in [5.74, 6) is 0.301. The van der Waals surface area contributed by atoms with Gasteiger partial charge in [-0.1, -0.05) is 50.2 Å². The number of ether oxygens (including phenoxy) is 1. The van der Waals surface area contributed by atoms with Crippen molar-refractivity contribution in [3.8, 4) is 5.75 Å². The van der Waals surface area contributed by atoms with E-state index >= 15 is 0 Å². The van der Waals surface area contributed by atoms with E-state index in [0.717, 1.165) is 6.42 Å². The predicted octanol–water partition coefficient (Wildman–Crippen LogP) is 5.15. The van der Waals surface area contributed by atoms with Gasteiger partial charge in [-0.15, -0.1) is 0 Å². The zero-order valence-corrected chi connectivity index (χ0v) is 17.2. The molecule has 3 aromatic rings. The Bertz CT molecular complexity index is 983. The molecule has 0 bridgehead atoms. The third kappa shape index (κ3) is 6.21. The van der Waals surface area contributed by atoms with E-state index < -0.39 is 0 Å². The van der Waals surface area contributed by atoms with Gasteiger partial charge < -0.3 is 15.4 Å². The molecule has 2 N–H and O–H groups in total. The summed E-state index contributed by atoms with van der Waals surface area (Å²) < 4.78 is 5.80. The van der Waals surface area contributed by atoms with Crippen LogP contribution in [0.2, 0.25) is 0 Å². The monoisotopic (exact) mass is 402 g/mol. The van der Waals surface area contributed by atoms with Crippen LogP contribution in [0.1, 0.15) is 29.8 Å². The number of benzene rings is 3. The molecule has 0 heterocycles. The van der Waals surface area contributed by atoms with Gasteiger partial charge in [0.05, 0.1) is 6.61 Å². The molecule has 0 radical (unpaired) electrons. The van der Waals surface area contributed by atoms with Crippen molar-refractivity contribution < 1.29 is 14.3 Å². The highest BCUT2D eigenvalue weighted by Crippen LogP contribution is 2.18. The maximum Gasteiger partial charge on any atom is 0.255 e. The van der Waals surface area contributed by atoms with E-state index in [1.165, 1.54) is 5.56 Å². The molecule has 0 aliphatic carbocycles. The van der Waals surface area contributed by atoms with Crippen molar-refractivity contribution in [3.63, 3.8) is 0 Å². The van der Waals surface area contributed by atoms with Gasteiger partial charge in [0, 0.05) is 29.3 Å². The van der Waals surface area contributed by atoms with Crippen LogP contribution >= 0.6 is 0 Å². The predicted molar refractivity (Wildman–Crippen MR) is 120 cm³/mol. The molecular formula is C25H26N2O3. The van der Waals surface area contributed by atoms with E-state index in [1.54, 1.807) is 42.5 Å². The zero-order valence-electron chi connectivity index (χ0n) is 17.2. The van der Waals surface area contributed by atoms with Crippen LogP contribution in [0.15, 0.2) is 78.9 Å². The minimum Gasteiger partial charge on any atom is -0.493 e. The quantitative estimate of drug-likeness (QED) is 0.547. The van der Waals surface area contributed by atoms with Crippen molar-refractivity contribution >= 4 is 23.2 Å². The van der Waals surface area contributed by atoms with E-state index in [1.807, 2.05) is 38.1 Å². The van der Waals surface area contributed by atoms with Gasteiger partial charge >= 0.3 is 0 Å². The van der Waals surface area contributed by atoms with Crippen molar-refractivity contribution in [2.75, 3.05) is 17.2 Å². The molecule has 0 aliphatic rings. The lowest BCUT2D eigenvalue weighted by molar-refractivity contribution is -0.118. The highest BCUT2D eigenvalue weighted by Gasteiger charge is 2.09. The first-order valence-electron chi connectivity index (χ1n) is 10.0. The lowest BCUT2D eigenvalue weighted by Crippen LogP contribution is -2.17. The number of hydrogen-bond donors (Lipinski definition) is 2. The molecule has 30 heavy (non-hydrogen) atoms. The molecular weight excluding hydrogens is 376 g/mol. The Morgan fingerprint density at radius 2 is 1.50 bits per heavy atom. The summed E-state index contributed by atoms with van der Waals surface area (Å²) in [7, 11) is 0. The first-order valence-corrected chi connectivity index (χ1v) is 10.0. The summed E-state index contributed by atoms with van der Waals surface area (Å²) >= 11 is 0. The Hall–Kier alpha value is -3.60. The largest absolute Gasteiger partial charge is 0.493 e. The summed E-state index contributed by atoms with van der Waals surface area (Å²) in [4.78, 5) is 24.3. The smallest absolute Gasteiger partial charge is 0.255 e. The maximum absolute atomic E-state index is 12.6. The first kappa shape index (κ1) is 21.1. The topological polar surface area (TPSA) is 67.4 Å². The molecule has 2 amide bonds. The van der Waals surface area contributed by atoms with Crippen LogP contribution < -0.4 is 15.4 Å². The minimum atomic E-state index is -0.220. The third-order valence-corrected chi connectivity index (χ3v) is 4.53. The first-order chi connectivity index (χ1) is 14.5. The van der Waals surface area contributed by atoms with E-state index in [9.17, 15) is 9.59 Å². The molecule has 0 saturated carbocycles. The van der Waals surface area contributed by atoms with Crippen molar-refractivity contribution in [2.24, 2.45) is 5.92 Å². The van der Waals surface area contributed by atoms with Gasteiger partial charge in [-0.2, -0.15) is 0 Å². The second-order valence-corrected chi connectivity index (χ2v) is 7.29. The Morgan fingerprint density at radius 3 is 2.17 bits per heavy atom. The Morgan fingerprint density at radius 1 is 0.833 bits per heavy atom. The van der Waals surface area contributed by atoms with Gasteiger partial charge in [-0.3, -0.25) is 9.59 Å². The highest BCUT2D eigenvalue weighted by molar-refractivity contribution is 6.04. The summed E-state index contributed by atoms with van der Waals surface area (Å²) in [5, 5.41) is 5.69. The van der Waals surface area contributed by atoms with Gasteiger partial charge in [0.2, 0.25) is 5.91 Å². The zero-order chi connectivity index (χ0) is 21.3. The summed E-state index contributed by atoms with van der Waals surface area (Å²) in [5.41, 5.74) is 3.07. The fraction of sp³-hybridized carbons (Fsp3) is 0.200. The van der Waals surface area contributed by atoms with Crippen LogP contribution in [0.3, 0.4) is 0 Å². The number of amides is 2. The van der Waals surface area contributed by atoms with E-state index in [2.05, 4.69) is 22.8 Å². The number of nitrogens with one attached hydrogen (secondary N) is 2. The Kier molecular flexibility index (Phi) is 7.22. The summed E-state index contributed by atoms with van der Waals surface area (Å²) in [6.07, 6.45) is 0.803. The number of rotatable bonds is 8. The summed E-state index contributed by atoms with van der Waals surface area (Å²) in [6.45, 7) is 4.21. The number of anilines is 2. The second kappa shape index (κ2) is 10.3. The Labute approximate surface area is 177 Å². The van der Waals surface area contributed by atoms with E-state index in [4.69, 9.17) is 4.74 Å². The maximum atomic E-state index is 12.6. The van der Waals surface area contributed by atoms with E-state index in [-0.39, 0.29) is 17.7 Å². The van der Waals surface area contributed by atoms with Crippen LogP contribution in [0, 0.1) is 5.92 Å². The molecule has 3 aromatic carbocycles. The van der Waals surface area contributed by atoms with Gasteiger partial charge in [0.15, 0.2) is 0 Å². The average Bonchev–Trinajstić information content (AvgIpc) is 2.76. The van der Waals surface area contributed by atoms with Crippen molar-refractivity contribution in [3.05, 3.63) is 90.0 Å². The SMILES string of the molecule is CC(C)C(=O)Nc1ccc(NC(=O)c2cccc(OCCc3ccccc3)c2)cc1. The lowest BCUT2D eigenvalue weighted by Gasteiger charge is -2.10. The molecule has 3 rings (SSSR count). The molecule has 0 atom stereocenters. The van der Waals surface area contributed by atoms with Gasteiger partial charge in [0.25, 0.3) is 5.91 Å². The number of hydrogen-bond acceptors (Lipinski definition) is 3. The molecule has 0 saturated heterocycles. The molecule has 0 spiro atoms. The van der Waals surface area contributed by atoms with Gasteiger partial charge in [-0.05, 0) is 48.0 Å². The Balaban J connectivity index is 1.55. The second-order valence-electron chi connectivity index (χ2n) is 7.29. The van der Waals surface area contributed by atoms with Crippen LogP contribution in [-0.4, -0.2) is 18.4 Å². The van der Waals surface area contributed by atoms with Crippen LogP contribution in [0.5, 0.6) is 5.75 Å². The van der Waals surface area contributed by atoms with Crippen LogP contribution in [-0.2, 0) is 11.2 Å². The lowest BCUT2D eigenvalue weighted by atomic mass is 10.1. The molecule has 0 unspecified atom stereocenters. The fourth-order valence-electron chi connectivity index (χ4n) is 2.79. The van der Waals surface area contributed by atoms with Gasteiger partial charge in [-0.25, -0.2) is 0 Å². The average molecular weight is 402 g/mol. The number of carbonyl (C=O) groups is 2. The normalized spacial score (nSPS) is 10.5. The third-order valence-electron chi connectivity index (χ3n) is 4.53. The summed E-state index contributed by atoms with van der Waals surface area (Å²) in [6, 6.07) is 24.3.